The topological polar surface area (TPSA) is 49.0 Å². The second kappa shape index (κ2) is 7.81. The molecule has 0 aliphatic carbocycles. The van der Waals surface area contributed by atoms with E-state index in [-0.39, 0.29) is 11.9 Å². The van der Waals surface area contributed by atoms with Crippen LogP contribution in [0.3, 0.4) is 0 Å². The standard InChI is InChI=1S/C25H20ClN3O/c26-20-13-11-18(12-14-20)22-21-23(28-27-22)25(30)29(16-15-17-7-3-1-4-8-17)24(21)19-9-5-2-6-10-19/h1-14,24H,15-16H2,(H,27,28). The predicted octanol–water partition coefficient (Wildman–Crippen LogP) is 5.52. The van der Waals surface area contributed by atoms with Crippen LogP contribution in [0.15, 0.2) is 84.9 Å². The highest BCUT2D eigenvalue weighted by Crippen LogP contribution is 2.42. The Morgan fingerprint density at radius 1 is 0.900 bits per heavy atom. The van der Waals surface area contributed by atoms with Gasteiger partial charge in [-0.05, 0) is 29.7 Å². The molecule has 30 heavy (non-hydrogen) atoms. The zero-order valence-electron chi connectivity index (χ0n) is 16.3. The lowest BCUT2D eigenvalue weighted by atomic mass is 9.96. The monoisotopic (exact) mass is 413 g/mol. The van der Waals surface area contributed by atoms with Gasteiger partial charge in [-0.3, -0.25) is 9.89 Å². The van der Waals surface area contributed by atoms with Crippen molar-refractivity contribution in [2.24, 2.45) is 0 Å². The molecular formula is C25H20ClN3O. The van der Waals surface area contributed by atoms with Crippen LogP contribution in [0.1, 0.15) is 33.2 Å². The lowest BCUT2D eigenvalue weighted by molar-refractivity contribution is 0.0746. The highest BCUT2D eigenvalue weighted by Gasteiger charge is 2.41. The molecule has 4 aromatic rings. The van der Waals surface area contributed by atoms with E-state index in [1.54, 1.807) is 0 Å². The molecule has 5 heteroatoms. The normalized spacial score (nSPS) is 15.4. The number of aromatic nitrogens is 2. The van der Waals surface area contributed by atoms with Gasteiger partial charge in [-0.25, -0.2) is 0 Å². The number of nitrogens with one attached hydrogen (secondary N) is 1. The molecule has 5 rings (SSSR count). The van der Waals surface area contributed by atoms with Gasteiger partial charge in [-0.2, -0.15) is 5.10 Å². The van der Waals surface area contributed by atoms with Crippen LogP contribution in [0.4, 0.5) is 0 Å². The van der Waals surface area contributed by atoms with Gasteiger partial charge in [-0.1, -0.05) is 84.4 Å². The van der Waals surface area contributed by atoms with Crippen LogP contribution < -0.4 is 0 Å². The molecule has 0 fully saturated rings. The second-order valence-corrected chi connectivity index (χ2v) is 7.85. The fourth-order valence-corrected chi connectivity index (χ4v) is 4.26. The van der Waals surface area contributed by atoms with E-state index in [0.717, 1.165) is 28.8 Å². The molecule has 1 aromatic heterocycles. The number of hydrogen-bond acceptors (Lipinski definition) is 2. The highest BCUT2D eigenvalue weighted by molar-refractivity contribution is 6.30. The van der Waals surface area contributed by atoms with Gasteiger partial charge in [0.25, 0.3) is 5.91 Å². The van der Waals surface area contributed by atoms with Gasteiger partial charge in [-0.15, -0.1) is 0 Å². The molecule has 0 bridgehead atoms. The smallest absolute Gasteiger partial charge is 0.273 e. The predicted molar refractivity (Wildman–Crippen MR) is 119 cm³/mol. The molecule has 1 amide bonds. The molecule has 1 N–H and O–H groups in total. The molecule has 4 nitrogen and oxygen atoms in total. The van der Waals surface area contributed by atoms with E-state index in [1.807, 2.05) is 65.6 Å². The van der Waals surface area contributed by atoms with Crippen LogP contribution in [0.25, 0.3) is 11.3 Å². The Morgan fingerprint density at radius 3 is 2.27 bits per heavy atom. The van der Waals surface area contributed by atoms with Crippen LogP contribution in [0, 0.1) is 0 Å². The number of carbonyl (C=O) groups excluding carboxylic acids is 1. The molecule has 0 spiro atoms. The fraction of sp³-hybridized carbons (Fsp3) is 0.120. The van der Waals surface area contributed by atoms with E-state index in [4.69, 9.17) is 11.6 Å². The minimum Gasteiger partial charge on any atom is -0.326 e. The van der Waals surface area contributed by atoms with E-state index in [9.17, 15) is 4.79 Å². The van der Waals surface area contributed by atoms with Gasteiger partial charge >= 0.3 is 0 Å². The van der Waals surface area contributed by atoms with Gasteiger partial charge in [0.2, 0.25) is 0 Å². The third-order valence-corrected chi connectivity index (χ3v) is 5.83. The first kappa shape index (κ1) is 18.6. The first-order valence-electron chi connectivity index (χ1n) is 9.96. The Hall–Kier alpha value is -3.37. The minimum atomic E-state index is -0.179. The lowest BCUT2D eigenvalue weighted by Crippen LogP contribution is -2.31. The Kier molecular flexibility index (Phi) is 4.85. The van der Waals surface area contributed by atoms with E-state index >= 15 is 0 Å². The quantitative estimate of drug-likeness (QED) is 0.468. The number of aromatic amines is 1. The Labute approximate surface area is 180 Å². The van der Waals surface area contributed by atoms with Crippen LogP contribution >= 0.6 is 11.6 Å². The molecule has 0 saturated carbocycles. The fourth-order valence-electron chi connectivity index (χ4n) is 4.13. The number of amides is 1. The number of halogens is 1. The SMILES string of the molecule is O=C1c2[nH]nc(-c3ccc(Cl)cc3)c2C(c2ccccc2)N1CCc1ccccc1. The summed E-state index contributed by atoms with van der Waals surface area (Å²) in [6.07, 6.45) is 0.796. The van der Waals surface area contributed by atoms with E-state index in [1.165, 1.54) is 5.56 Å². The highest BCUT2D eigenvalue weighted by atomic mass is 35.5. The summed E-state index contributed by atoms with van der Waals surface area (Å²) < 4.78 is 0. The summed E-state index contributed by atoms with van der Waals surface area (Å²) in [4.78, 5) is 15.3. The lowest BCUT2D eigenvalue weighted by Gasteiger charge is -2.26. The zero-order valence-corrected chi connectivity index (χ0v) is 17.0. The largest absolute Gasteiger partial charge is 0.326 e. The van der Waals surface area contributed by atoms with E-state index in [0.29, 0.717) is 17.3 Å². The molecule has 0 radical (unpaired) electrons. The number of benzene rings is 3. The first-order chi connectivity index (χ1) is 14.7. The van der Waals surface area contributed by atoms with Gasteiger partial charge in [0, 0.05) is 22.7 Å². The third kappa shape index (κ3) is 3.29. The number of H-pyrrole nitrogens is 1. The molecule has 1 unspecified atom stereocenters. The van der Waals surface area contributed by atoms with Crippen molar-refractivity contribution in [3.05, 3.63) is 112 Å². The van der Waals surface area contributed by atoms with Gasteiger partial charge in [0.1, 0.15) is 5.69 Å². The Morgan fingerprint density at radius 2 is 1.57 bits per heavy atom. The van der Waals surface area contributed by atoms with Crippen molar-refractivity contribution in [1.29, 1.82) is 0 Å². The second-order valence-electron chi connectivity index (χ2n) is 7.42. The summed E-state index contributed by atoms with van der Waals surface area (Å²) in [5, 5.41) is 8.18. The van der Waals surface area contributed by atoms with Crippen molar-refractivity contribution < 1.29 is 4.79 Å². The van der Waals surface area contributed by atoms with Gasteiger partial charge in [0.05, 0.1) is 11.7 Å². The maximum atomic E-state index is 13.3. The maximum absolute atomic E-state index is 13.3. The number of rotatable bonds is 5. The van der Waals surface area contributed by atoms with Crippen molar-refractivity contribution in [3.8, 4) is 11.3 Å². The zero-order chi connectivity index (χ0) is 20.5. The van der Waals surface area contributed by atoms with Crippen LogP contribution in [0.2, 0.25) is 5.02 Å². The van der Waals surface area contributed by atoms with Crippen molar-refractivity contribution in [2.45, 2.75) is 12.5 Å². The van der Waals surface area contributed by atoms with Gasteiger partial charge in [0.15, 0.2) is 0 Å². The number of hydrogen-bond donors (Lipinski definition) is 1. The summed E-state index contributed by atoms with van der Waals surface area (Å²) in [7, 11) is 0. The number of carbonyl (C=O) groups is 1. The third-order valence-electron chi connectivity index (χ3n) is 5.58. The summed E-state index contributed by atoms with van der Waals surface area (Å²) >= 11 is 6.07. The summed E-state index contributed by atoms with van der Waals surface area (Å²) in [5.41, 5.74) is 5.53. The Bertz CT molecular complexity index is 1170. The number of fused-ring (bicyclic) bond motifs is 1. The molecular weight excluding hydrogens is 394 g/mol. The molecule has 1 aliphatic heterocycles. The molecule has 0 saturated heterocycles. The van der Waals surface area contributed by atoms with Crippen LogP contribution in [-0.4, -0.2) is 27.5 Å². The van der Waals surface area contributed by atoms with Crippen molar-refractivity contribution in [3.63, 3.8) is 0 Å². The van der Waals surface area contributed by atoms with E-state index < -0.39 is 0 Å². The Balaban J connectivity index is 1.57. The molecule has 1 atom stereocenters. The van der Waals surface area contributed by atoms with Crippen molar-refractivity contribution >= 4 is 17.5 Å². The average Bonchev–Trinajstić information content (AvgIpc) is 3.33. The summed E-state index contributed by atoms with van der Waals surface area (Å²) in [6.45, 7) is 0.630. The summed E-state index contributed by atoms with van der Waals surface area (Å²) in [5.74, 6) is -0.0116. The number of nitrogens with zero attached hydrogens (tertiary/aromatic N) is 2. The van der Waals surface area contributed by atoms with Crippen molar-refractivity contribution in [2.75, 3.05) is 6.54 Å². The molecule has 148 valence electrons. The first-order valence-corrected chi connectivity index (χ1v) is 10.3. The molecule has 3 aromatic carbocycles. The minimum absolute atomic E-state index is 0.0116. The average molecular weight is 414 g/mol. The van der Waals surface area contributed by atoms with Crippen LogP contribution in [0.5, 0.6) is 0 Å². The maximum Gasteiger partial charge on any atom is 0.273 e. The van der Waals surface area contributed by atoms with Gasteiger partial charge < -0.3 is 4.90 Å². The molecule has 1 aliphatic rings. The molecule has 2 heterocycles. The van der Waals surface area contributed by atoms with Crippen LogP contribution in [-0.2, 0) is 6.42 Å². The summed E-state index contributed by atoms with van der Waals surface area (Å²) in [6, 6.07) is 27.8. The van der Waals surface area contributed by atoms with Crippen molar-refractivity contribution in [1.82, 2.24) is 15.1 Å². The van der Waals surface area contributed by atoms with E-state index in [2.05, 4.69) is 34.5 Å².